The summed E-state index contributed by atoms with van der Waals surface area (Å²) in [6.07, 6.45) is 0. The molecule has 0 aliphatic rings. The molecule has 0 aromatic heterocycles. The van der Waals surface area contributed by atoms with E-state index in [-0.39, 0.29) is 5.78 Å². The third kappa shape index (κ3) is 3.22. The van der Waals surface area contributed by atoms with Crippen molar-refractivity contribution in [3.63, 3.8) is 0 Å². The normalized spacial score (nSPS) is 10.1. The number of anilines is 1. The third-order valence-electron chi connectivity index (χ3n) is 2.77. The average molecular weight is 235 g/mol. The monoisotopic (exact) mass is 235 g/mol. The molecule has 0 fully saturated rings. The summed E-state index contributed by atoms with van der Waals surface area (Å²) in [7, 11) is 0. The molecule has 0 amide bonds. The van der Waals surface area contributed by atoms with E-state index in [1.165, 1.54) is 0 Å². The van der Waals surface area contributed by atoms with Crippen molar-refractivity contribution in [1.82, 2.24) is 0 Å². The molecule has 0 saturated heterocycles. The van der Waals surface area contributed by atoms with Crippen LogP contribution >= 0.6 is 0 Å². The maximum atomic E-state index is 11.5. The van der Waals surface area contributed by atoms with E-state index in [1.54, 1.807) is 6.92 Å². The van der Waals surface area contributed by atoms with Gasteiger partial charge in [0.1, 0.15) is 5.75 Å². The van der Waals surface area contributed by atoms with Crippen molar-refractivity contribution in [2.75, 3.05) is 24.6 Å². The van der Waals surface area contributed by atoms with Gasteiger partial charge in [-0.2, -0.15) is 0 Å². The highest BCUT2D eigenvalue weighted by Crippen LogP contribution is 2.26. The summed E-state index contributed by atoms with van der Waals surface area (Å²) in [6.45, 7) is 10.2. The fourth-order valence-corrected chi connectivity index (χ4v) is 1.86. The minimum atomic E-state index is 0.0412. The van der Waals surface area contributed by atoms with E-state index in [0.29, 0.717) is 17.9 Å². The predicted octanol–water partition coefficient (Wildman–Crippen LogP) is 3.13. The van der Waals surface area contributed by atoms with Gasteiger partial charge in [-0.05, 0) is 39.8 Å². The van der Waals surface area contributed by atoms with Crippen molar-refractivity contribution >= 4 is 11.5 Å². The Kier molecular flexibility index (Phi) is 5.01. The standard InChI is InChI=1S/C14H21NO2/c1-5-15(6-2)12-8-9-13(11(4)16)14(10-12)17-7-3/h8-10H,5-7H2,1-4H3. The fourth-order valence-electron chi connectivity index (χ4n) is 1.86. The Balaban J connectivity index is 3.12. The number of ketones is 1. The van der Waals surface area contributed by atoms with Gasteiger partial charge in [-0.15, -0.1) is 0 Å². The van der Waals surface area contributed by atoms with Gasteiger partial charge in [0, 0.05) is 24.8 Å². The first-order valence-corrected chi connectivity index (χ1v) is 6.16. The molecule has 1 rings (SSSR count). The Hall–Kier alpha value is -1.51. The molecule has 1 aromatic rings. The van der Waals surface area contributed by atoms with Crippen molar-refractivity contribution in [3.8, 4) is 5.75 Å². The largest absolute Gasteiger partial charge is 0.493 e. The number of benzene rings is 1. The molecule has 3 nitrogen and oxygen atoms in total. The summed E-state index contributed by atoms with van der Waals surface area (Å²) in [4.78, 5) is 13.7. The van der Waals surface area contributed by atoms with Crippen LogP contribution in [-0.4, -0.2) is 25.5 Å². The van der Waals surface area contributed by atoms with Crippen LogP contribution in [0.5, 0.6) is 5.75 Å². The Morgan fingerprint density at radius 3 is 2.35 bits per heavy atom. The zero-order valence-electron chi connectivity index (χ0n) is 11.1. The van der Waals surface area contributed by atoms with Crippen LogP contribution in [0.3, 0.4) is 0 Å². The molecule has 0 saturated carbocycles. The summed E-state index contributed by atoms with van der Waals surface area (Å²) in [5.41, 5.74) is 1.76. The molecular weight excluding hydrogens is 214 g/mol. The first-order chi connectivity index (χ1) is 8.13. The van der Waals surface area contributed by atoms with Crippen LogP contribution in [0.2, 0.25) is 0 Å². The Bertz CT molecular complexity index is 384. The summed E-state index contributed by atoms with van der Waals surface area (Å²) < 4.78 is 5.53. The number of carbonyl (C=O) groups is 1. The lowest BCUT2D eigenvalue weighted by Gasteiger charge is -2.22. The first-order valence-electron chi connectivity index (χ1n) is 6.16. The lowest BCUT2D eigenvalue weighted by atomic mass is 10.1. The minimum Gasteiger partial charge on any atom is -0.493 e. The Morgan fingerprint density at radius 1 is 1.24 bits per heavy atom. The lowest BCUT2D eigenvalue weighted by Crippen LogP contribution is -2.21. The molecular formula is C14H21NO2. The molecule has 0 spiro atoms. The van der Waals surface area contributed by atoms with Gasteiger partial charge in [0.05, 0.1) is 12.2 Å². The molecule has 17 heavy (non-hydrogen) atoms. The maximum Gasteiger partial charge on any atom is 0.163 e. The Labute approximate surface area is 103 Å². The summed E-state index contributed by atoms with van der Waals surface area (Å²) in [6, 6.07) is 5.78. The molecule has 1 aromatic carbocycles. The highest BCUT2D eigenvalue weighted by atomic mass is 16.5. The highest BCUT2D eigenvalue weighted by molar-refractivity contribution is 5.97. The van der Waals surface area contributed by atoms with Crippen LogP contribution in [0.1, 0.15) is 38.1 Å². The molecule has 0 bridgehead atoms. The molecule has 0 aliphatic heterocycles. The van der Waals surface area contributed by atoms with Crippen molar-refractivity contribution in [3.05, 3.63) is 23.8 Å². The second-order valence-electron chi connectivity index (χ2n) is 3.84. The average Bonchev–Trinajstić information content (AvgIpc) is 2.31. The van der Waals surface area contributed by atoms with E-state index in [2.05, 4.69) is 18.7 Å². The number of nitrogens with zero attached hydrogens (tertiary/aromatic N) is 1. The van der Waals surface area contributed by atoms with Gasteiger partial charge >= 0.3 is 0 Å². The van der Waals surface area contributed by atoms with Gasteiger partial charge in [-0.3, -0.25) is 4.79 Å². The van der Waals surface area contributed by atoms with Crippen LogP contribution in [0.15, 0.2) is 18.2 Å². The zero-order chi connectivity index (χ0) is 12.8. The predicted molar refractivity (Wildman–Crippen MR) is 71.2 cm³/mol. The highest BCUT2D eigenvalue weighted by Gasteiger charge is 2.11. The topological polar surface area (TPSA) is 29.5 Å². The molecule has 0 aliphatic carbocycles. The maximum absolute atomic E-state index is 11.5. The van der Waals surface area contributed by atoms with Gasteiger partial charge in [-0.25, -0.2) is 0 Å². The summed E-state index contributed by atoms with van der Waals surface area (Å²) in [5.74, 6) is 0.726. The van der Waals surface area contributed by atoms with Gasteiger partial charge in [-0.1, -0.05) is 0 Å². The van der Waals surface area contributed by atoms with Crippen molar-refractivity contribution < 1.29 is 9.53 Å². The van der Waals surface area contributed by atoms with Crippen molar-refractivity contribution in [2.45, 2.75) is 27.7 Å². The van der Waals surface area contributed by atoms with Gasteiger partial charge in [0.2, 0.25) is 0 Å². The van der Waals surface area contributed by atoms with E-state index in [4.69, 9.17) is 4.74 Å². The van der Waals surface area contributed by atoms with Crippen LogP contribution in [-0.2, 0) is 0 Å². The second kappa shape index (κ2) is 6.28. The molecule has 0 heterocycles. The van der Waals surface area contributed by atoms with Crippen molar-refractivity contribution in [2.24, 2.45) is 0 Å². The Morgan fingerprint density at radius 2 is 1.88 bits per heavy atom. The van der Waals surface area contributed by atoms with Crippen molar-refractivity contribution in [1.29, 1.82) is 0 Å². The number of hydrogen-bond acceptors (Lipinski definition) is 3. The van der Waals surface area contributed by atoms with Gasteiger partial charge in [0.15, 0.2) is 5.78 Å². The SMILES string of the molecule is CCOc1cc(N(CC)CC)ccc1C(C)=O. The molecule has 0 atom stereocenters. The van der Waals surface area contributed by atoms with Gasteiger partial charge in [0.25, 0.3) is 0 Å². The van der Waals surface area contributed by atoms with E-state index in [9.17, 15) is 4.79 Å². The van der Waals surface area contributed by atoms with E-state index in [1.807, 2.05) is 25.1 Å². The summed E-state index contributed by atoms with van der Waals surface area (Å²) in [5, 5.41) is 0. The van der Waals surface area contributed by atoms with E-state index in [0.717, 1.165) is 18.8 Å². The number of hydrogen-bond donors (Lipinski definition) is 0. The van der Waals surface area contributed by atoms with Crippen LogP contribution < -0.4 is 9.64 Å². The second-order valence-corrected chi connectivity index (χ2v) is 3.84. The quantitative estimate of drug-likeness (QED) is 0.709. The first kappa shape index (κ1) is 13.6. The molecule has 0 radical (unpaired) electrons. The number of Topliss-reactive ketones (excluding diaryl/α,β-unsaturated/α-hetero) is 1. The molecule has 3 heteroatoms. The number of carbonyl (C=O) groups excluding carboxylic acids is 1. The van der Waals surface area contributed by atoms with Crippen LogP contribution in [0.25, 0.3) is 0 Å². The number of rotatable bonds is 6. The summed E-state index contributed by atoms with van der Waals surface area (Å²) >= 11 is 0. The molecule has 0 N–H and O–H groups in total. The third-order valence-corrected chi connectivity index (χ3v) is 2.77. The molecule has 0 unspecified atom stereocenters. The van der Waals surface area contributed by atoms with Gasteiger partial charge < -0.3 is 9.64 Å². The number of ether oxygens (including phenoxy) is 1. The van der Waals surface area contributed by atoms with E-state index < -0.39 is 0 Å². The molecule has 94 valence electrons. The smallest absolute Gasteiger partial charge is 0.163 e. The fraction of sp³-hybridized carbons (Fsp3) is 0.500. The minimum absolute atomic E-state index is 0.0412. The van der Waals surface area contributed by atoms with Crippen LogP contribution in [0, 0.1) is 0 Å². The lowest BCUT2D eigenvalue weighted by molar-refractivity contribution is 0.101. The van der Waals surface area contributed by atoms with Crippen LogP contribution in [0.4, 0.5) is 5.69 Å². The zero-order valence-corrected chi connectivity index (χ0v) is 11.1. The van der Waals surface area contributed by atoms with E-state index >= 15 is 0 Å².